The maximum atomic E-state index is 13.1. The van der Waals surface area contributed by atoms with Crippen molar-refractivity contribution >= 4 is 45.0 Å². The maximum Gasteiger partial charge on any atom is 0.261 e. The van der Waals surface area contributed by atoms with Crippen molar-refractivity contribution in [2.75, 3.05) is 29.4 Å². The van der Waals surface area contributed by atoms with Crippen LogP contribution in [-0.2, 0) is 14.8 Å². The van der Waals surface area contributed by atoms with Crippen molar-refractivity contribution < 1.29 is 18.0 Å². The van der Waals surface area contributed by atoms with Crippen molar-refractivity contribution in [1.29, 1.82) is 0 Å². The predicted octanol–water partition coefficient (Wildman–Crippen LogP) is 4.04. The lowest BCUT2D eigenvalue weighted by molar-refractivity contribution is -0.118. The fraction of sp³-hybridized carbons (Fsp3) is 0.364. The van der Waals surface area contributed by atoms with E-state index in [9.17, 15) is 18.0 Å². The Morgan fingerprint density at radius 2 is 1.71 bits per heavy atom. The van der Waals surface area contributed by atoms with Gasteiger partial charge in [-0.25, -0.2) is 8.42 Å². The van der Waals surface area contributed by atoms with Crippen LogP contribution in [0.25, 0.3) is 0 Å². The zero-order chi connectivity index (χ0) is 22.6. The molecule has 2 N–H and O–H groups in total. The minimum atomic E-state index is -3.98. The van der Waals surface area contributed by atoms with E-state index in [1.54, 1.807) is 49.1 Å². The fourth-order valence-electron chi connectivity index (χ4n) is 3.28. The summed E-state index contributed by atoms with van der Waals surface area (Å²) in [6.07, 6.45) is 3.76. The number of carbonyl (C=O) groups excluding carboxylic acids is 2. The number of likely N-dealkylation sites (tertiary alicyclic amines) is 1. The third-order valence-corrected chi connectivity index (χ3v) is 7.22. The molecule has 1 aliphatic heterocycles. The number of sulfonamides is 1. The molecule has 1 fully saturated rings. The van der Waals surface area contributed by atoms with Crippen molar-refractivity contribution in [3.05, 3.63) is 48.0 Å². The Morgan fingerprint density at radius 1 is 1.03 bits per heavy atom. The van der Waals surface area contributed by atoms with Gasteiger partial charge in [-0.15, -0.1) is 11.8 Å². The summed E-state index contributed by atoms with van der Waals surface area (Å²) >= 11 is 1.41. The zero-order valence-electron chi connectivity index (χ0n) is 17.8. The number of benzene rings is 2. The Balaban J connectivity index is 1.91. The van der Waals surface area contributed by atoms with Crippen LogP contribution in [0.2, 0.25) is 0 Å². The molecule has 2 amide bonds. The lowest BCUT2D eigenvalue weighted by Crippen LogP contribution is -2.28. The molecule has 7 nitrogen and oxygen atoms in total. The standard InChI is InChI=1S/C22H27N3O4S2/c1-15(2)21(26)23-19-14-16(10-11-20(19)30-3)31(28,29)24-18-9-5-4-8-17(18)22(27)25-12-6-7-13-25/h4-5,8-11,14-15,24H,6-7,12-13H2,1-3H3,(H,23,26). The highest BCUT2D eigenvalue weighted by atomic mass is 32.2. The number of rotatable bonds is 7. The van der Waals surface area contributed by atoms with Gasteiger partial charge in [-0.1, -0.05) is 26.0 Å². The van der Waals surface area contributed by atoms with Gasteiger partial charge in [-0.2, -0.15) is 0 Å². The van der Waals surface area contributed by atoms with Gasteiger partial charge in [0.15, 0.2) is 0 Å². The van der Waals surface area contributed by atoms with E-state index in [2.05, 4.69) is 10.0 Å². The molecule has 1 saturated heterocycles. The first-order chi connectivity index (χ1) is 14.7. The number of para-hydroxylation sites is 1. The van der Waals surface area contributed by atoms with Crippen LogP contribution in [-0.4, -0.2) is 44.5 Å². The van der Waals surface area contributed by atoms with Crippen molar-refractivity contribution in [3.63, 3.8) is 0 Å². The van der Waals surface area contributed by atoms with Crippen LogP contribution in [0.5, 0.6) is 0 Å². The van der Waals surface area contributed by atoms with E-state index in [1.807, 2.05) is 6.26 Å². The Morgan fingerprint density at radius 3 is 2.35 bits per heavy atom. The van der Waals surface area contributed by atoms with E-state index in [0.717, 1.165) is 17.7 Å². The lowest BCUT2D eigenvalue weighted by atomic mass is 10.1. The quantitative estimate of drug-likeness (QED) is 0.607. The molecule has 3 rings (SSSR count). The van der Waals surface area contributed by atoms with Gasteiger partial charge in [0.05, 0.1) is 21.8 Å². The summed E-state index contributed by atoms with van der Waals surface area (Å²) in [4.78, 5) is 27.5. The molecule has 2 aromatic rings. The molecular weight excluding hydrogens is 434 g/mol. The number of hydrogen-bond donors (Lipinski definition) is 2. The molecule has 1 aliphatic rings. The highest BCUT2D eigenvalue weighted by molar-refractivity contribution is 7.98. The predicted molar refractivity (Wildman–Crippen MR) is 124 cm³/mol. The van der Waals surface area contributed by atoms with Crippen LogP contribution in [0.4, 0.5) is 11.4 Å². The molecule has 0 spiro atoms. The Bertz CT molecular complexity index is 1080. The SMILES string of the molecule is CSc1ccc(S(=O)(=O)Nc2ccccc2C(=O)N2CCCC2)cc1NC(=O)C(C)C. The van der Waals surface area contributed by atoms with Crippen LogP contribution < -0.4 is 10.0 Å². The average Bonchev–Trinajstić information content (AvgIpc) is 3.28. The molecule has 2 aromatic carbocycles. The summed E-state index contributed by atoms with van der Waals surface area (Å²) < 4.78 is 28.8. The van der Waals surface area contributed by atoms with Gasteiger partial charge < -0.3 is 10.2 Å². The molecule has 0 aliphatic carbocycles. The van der Waals surface area contributed by atoms with E-state index in [1.165, 1.54) is 23.9 Å². The largest absolute Gasteiger partial charge is 0.339 e. The topological polar surface area (TPSA) is 95.6 Å². The molecular formula is C22H27N3O4S2. The van der Waals surface area contributed by atoms with Crippen molar-refractivity contribution in [1.82, 2.24) is 4.90 Å². The van der Waals surface area contributed by atoms with Gasteiger partial charge in [-0.3, -0.25) is 14.3 Å². The minimum absolute atomic E-state index is 0.00720. The van der Waals surface area contributed by atoms with Gasteiger partial charge in [0.25, 0.3) is 15.9 Å². The van der Waals surface area contributed by atoms with E-state index in [0.29, 0.717) is 24.3 Å². The summed E-state index contributed by atoms with van der Waals surface area (Å²) in [6.45, 7) is 4.89. The third-order valence-electron chi connectivity index (χ3n) is 5.06. The second-order valence-corrected chi connectivity index (χ2v) is 10.2. The smallest absolute Gasteiger partial charge is 0.261 e. The molecule has 9 heteroatoms. The second-order valence-electron chi connectivity index (χ2n) is 7.66. The molecule has 0 atom stereocenters. The first-order valence-electron chi connectivity index (χ1n) is 10.1. The number of nitrogens with one attached hydrogen (secondary N) is 2. The molecule has 1 heterocycles. The van der Waals surface area contributed by atoms with Crippen molar-refractivity contribution in [2.24, 2.45) is 5.92 Å². The second kappa shape index (κ2) is 9.74. The van der Waals surface area contributed by atoms with E-state index >= 15 is 0 Å². The van der Waals surface area contributed by atoms with Crippen LogP contribution in [0.15, 0.2) is 52.3 Å². The number of carbonyl (C=O) groups is 2. The summed E-state index contributed by atoms with van der Waals surface area (Å²) in [5.74, 6) is -0.616. The first-order valence-corrected chi connectivity index (χ1v) is 12.8. The number of amides is 2. The molecule has 0 saturated carbocycles. The number of thioether (sulfide) groups is 1. The lowest BCUT2D eigenvalue weighted by Gasteiger charge is -2.19. The van der Waals surface area contributed by atoms with Gasteiger partial charge in [0, 0.05) is 23.9 Å². The molecule has 0 aromatic heterocycles. The van der Waals surface area contributed by atoms with Gasteiger partial charge in [0.1, 0.15) is 0 Å². The highest BCUT2D eigenvalue weighted by Crippen LogP contribution is 2.30. The van der Waals surface area contributed by atoms with Crippen molar-refractivity contribution in [3.8, 4) is 0 Å². The normalized spacial score (nSPS) is 14.0. The van der Waals surface area contributed by atoms with Crippen LogP contribution >= 0.6 is 11.8 Å². The average molecular weight is 462 g/mol. The van der Waals surface area contributed by atoms with Gasteiger partial charge in [-0.05, 0) is 49.4 Å². The molecule has 0 bridgehead atoms. The van der Waals surface area contributed by atoms with Crippen molar-refractivity contribution in [2.45, 2.75) is 36.5 Å². The molecule has 166 valence electrons. The van der Waals surface area contributed by atoms with Gasteiger partial charge >= 0.3 is 0 Å². The Hall–Kier alpha value is -2.52. The Labute approximate surface area is 187 Å². The minimum Gasteiger partial charge on any atom is -0.339 e. The molecule has 31 heavy (non-hydrogen) atoms. The van der Waals surface area contributed by atoms with Crippen LogP contribution in [0.1, 0.15) is 37.0 Å². The maximum absolute atomic E-state index is 13.1. The Kier molecular flexibility index (Phi) is 7.27. The highest BCUT2D eigenvalue weighted by Gasteiger charge is 2.24. The number of nitrogens with zero attached hydrogens (tertiary/aromatic N) is 1. The molecule has 0 radical (unpaired) electrons. The van der Waals surface area contributed by atoms with E-state index in [4.69, 9.17) is 0 Å². The third kappa shape index (κ3) is 5.40. The van der Waals surface area contributed by atoms with E-state index in [-0.39, 0.29) is 28.3 Å². The monoisotopic (exact) mass is 461 g/mol. The van der Waals surface area contributed by atoms with Crippen LogP contribution in [0.3, 0.4) is 0 Å². The zero-order valence-corrected chi connectivity index (χ0v) is 19.5. The first kappa shape index (κ1) is 23.1. The van der Waals surface area contributed by atoms with E-state index < -0.39 is 10.0 Å². The molecule has 0 unspecified atom stereocenters. The summed E-state index contributed by atoms with van der Waals surface area (Å²) in [5, 5.41) is 2.79. The summed E-state index contributed by atoms with van der Waals surface area (Å²) in [7, 11) is -3.98. The summed E-state index contributed by atoms with van der Waals surface area (Å²) in [6, 6.07) is 11.2. The number of hydrogen-bond acceptors (Lipinski definition) is 5. The van der Waals surface area contributed by atoms with Gasteiger partial charge in [0.2, 0.25) is 5.91 Å². The summed E-state index contributed by atoms with van der Waals surface area (Å²) in [5.41, 5.74) is 0.999. The fourth-order valence-corrected chi connectivity index (χ4v) is 4.92. The van der Waals surface area contributed by atoms with Crippen LogP contribution in [0, 0.1) is 5.92 Å². The number of anilines is 2.